The van der Waals surface area contributed by atoms with Crippen molar-refractivity contribution in [2.75, 3.05) is 24.7 Å². The van der Waals surface area contributed by atoms with Crippen molar-refractivity contribution in [3.63, 3.8) is 0 Å². The molecule has 1 fully saturated rings. The number of Topliss-reactive ketones (excluding diaryl/α,β-unsaturated/α-hetero) is 1. The van der Waals surface area contributed by atoms with E-state index in [1.165, 1.54) is 13.8 Å². The first-order chi connectivity index (χ1) is 37.0. The monoisotopic (exact) mass is 1100 g/mol. The lowest BCUT2D eigenvalue weighted by molar-refractivity contribution is -0.137. The van der Waals surface area contributed by atoms with Gasteiger partial charge in [-0.25, -0.2) is 0 Å². The van der Waals surface area contributed by atoms with Crippen LogP contribution in [0, 0.1) is 18.3 Å². The molecule has 0 spiro atoms. The van der Waals surface area contributed by atoms with E-state index in [-0.39, 0.29) is 56.6 Å². The summed E-state index contributed by atoms with van der Waals surface area (Å²) in [7, 11) is 2.05. The molecule has 1 aliphatic rings. The van der Waals surface area contributed by atoms with E-state index in [4.69, 9.17) is 12.2 Å². The topological polar surface area (TPSA) is 323 Å². The van der Waals surface area contributed by atoms with Crippen LogP contribution in [-0.2, 0) is 57.6 Å². The molecule has 0 saturated carbocycles. The van der Waals surface area contributed by atoms with Crippen molar-refractivity contribution in [1.82, 2.24) is 42.2 Å². The number of terminal acetylenes is 1. The number of aliphatic hydroxyl groups excluding tert-OH is 3. The Kier molecular flexibility index (Phi) is 25.0. The number of hydrogen-bond acceptors (Lipinski definition) is 14. The van der Waals surface area contributed by atoms with E-state index in [1.54, 1.807) is 66.9 Å². The minimum absolute atomic E-state index is 0.0207. The summed E-state index contributed by atoms with van der Waals surface area (Å²) in [6.45, 7) is 2.19. The molecule has 13 N–H and O–H groups in total. The number of hydrogen-bond donors (Lipinski definition) is 12. The van der Waals surface area contributed by atoms with Crippen molar-refractivity contribution in [2.45, 2.75) is 126 Å². The van der Waals surface area contributed by atoms with Crippen LogP contribution in [0.3, 0.4) is 0 Å². The number of nitrogens with two attached hydrogens (primary N) is 1. The summed E-state index contributed by atoms with van der Waals surface area (Å²) in [5.74, 6) is -5.11. The minimum atomic E-state index is -1.69. The minimum Gasteiger partial charge on any atom is -0.394 e. The van der Waals surface area contributed by atoms with Crippen LogP contribution in [0.4, 0.5) is 0 Å². The predicted molar refractivity (Wildman–Crippen MR) is 295 cm³/mol. The van der Waals surface area contributed by atoms with Gasteiger partial charge in [0.2, 0.25) is 41.4 Å². The van der Waals surface area contributed by atoms with Gasteiger partial charge in [0.05, 0.1) is 30.9 Å². The van der Waals surface area contributed by atoms with E-state index in [9.17, 15) is 53.7 Å². The third kappa shape index (κ3) is 19.3. The van der Waals surface area contributed by atoms with Gasteiger partial charge in [-0.2, -0.15) is 0 Å². The zero-order valence-corrected chi connectivity index (χ0v) is 44.8. The summed E-state index contributed by atoms with van der Waals surface area (Å²) in [5, 5.41) is 50.8. The van der Waals surface area contributed by atoms with Gasteiger partial charge in [0.1, 0.15) is 30.2 Å². The molecule has 77 heavy (non-hydrogen) atoms. The summed E-state index contributed by atoms with van der Waals surface area (Å²) in [6.07, 6.45) is 4.74. The van der Waals surface area contributed by atoms with Crippen LogP contribution in [0.5, 0.6) is 0 Å². The summed E-state index contributed by atoms with van der Waals surface area (Å²) >= 11 is 0. The molecule has 2 unspecified atom stereocenters. The predicted octanol–water partition coefficient (Wildman–Crippen LogP) is 0.856. The molecule has 2 heterocycles. The van der Waals surface area contributed by atoms with Crippen LogP contribution in [0.25, 0.3) is 10.9 Å². The molecule has 7 amide bonds. The average molecular weight is 1100 g/mol. The fourth-order valence-electron chi connectivity index (χ4n) is 8.53. The van der Waals surface area contributed by atoms with Gasteiger partial charge >= 0.3 is 0 Å². The lowest BCUT2D eigenvalue weighted by Gasteiger charge is -2.29. The fourth-order valence-corrected chi connectivity index (χ4v) is 10.9. The largest absolute Gasteiger partial charge is 0.394 e. The number of para-hydroxylation sites is 1. The maximum absolute atomic E-state index is 14.9. The molecular formula is C55H71N9O11S2. The zero-order chi connectivity index (χ0) is 55.9. The molecule has 1 aliphatic heterocycles. The SMILES string of the molecule is C#CCCC(=O)N[C@H](Cc1ccccc1)C(=O)N[C@H]1CSSCC(C(=O)N[C@H](CO)[C@@H](C)O)NC(=O)C([C@@H](C)O)NC(=O)[C@H](CCCCN)NC(=O)[C@@H](Cc2c[nH]c3ccccc23)NC(=O)[C@H](Cc2ccccc2)CC1=O. The van der Waals surface area contributed by atoms with Crippen molar-refractivity contribution in [3.8, 4) is 12.3 Å². The summed E-state index contributed by atoms with van der Waals surface area (Å²) in [5.41, 5.74) is 8.60. The zero-order valence-electron chi connectivity index (χ0n) is 43.2. The molecule has 0 radical (unpaired) electrons. The molecule has 414 valence electrons. The molecule has 1 saturated heterocycles. The number of carbonyl (C=O) groups excluding carboxylic acids is 8. The quantitative estimate of drug-likeness (QED) is 0.0332. The Labute approximate surface area is 456 Å². The average Bonchev–Trinajstić information content (AvgIpc) is 3.82. The Morgan fingerprint density at radius 3 is 2.09 bits per heavy atom. The molecular weight excluding hydrogens is 1030 g/mol. The summed E-state index contributed by atoms with van der Waals surface area (Å²) in [6, 6.07) is 15.7. The maximum atomic E-state index is 14.9. The number of benzene rings is 3. The number of carbonyl (C=O) groups is 8. The Balaban J connectivity index is 1.60. The highest BCUT2D eigenvalue weighted by Gasteiger charge is 2.37. The van der Waals surface area contributed by atoms with Gasteiger partial charge in [-0.3, -0.25) is 38.4 Å². The molecule has 10 atom stereocenters. The first kappa shape index (κ1) is 61.1. The molecule has 1 aromatic heterocycles. The van der Waals surface area contributed by atoms with Gasteiger partial charge < -0.3 is 63.3 Å². The molecule has 0 bridgehead atoms. The summed E-state index contributed by atoms with van der Waals surface area (Å²) < 4.78 is 0. The third-order valence-corrected chi connectivity index (χ3v) is 15.4. The summed E-state index contributed by atoms with van der Waals surface area (Å²) in [4.78, 5) is 118. The Morgan fingerprint density at radius 1 is 0.779 bits per heavy atom. The number of rotatable bonds is 20. The molecule has 5 rings (SSSR count). The van der Waals surface area contributed by atoms with E-state index in [0.717, 1.165) is 32.5 Å². The van der Waals surface area contributed by atoms with Gasteiger partial charge in [-0.15, -0.1) is 12.3 Å². The number of aromatic nitrogens is 1. The Morgan fingerprint density at radius 2 is 1.43 bits per heavy atom. The van der Waals surface area contributed by atoms with E-state index in [0.29, 0.717) is 29.5 Å². The first-order valence-corrected chi connectivity index (χ1v) is 28.1. The lowest BCUT2D eigenvalue weighted by atomic mass is 9.90. The lowest BCUT2D eigenvalue weighted by Crippen LogP contribution is -2.62. The van der Waals surface area contributed by atoms with Crippen molar-refractivity contribution >= 4 is 79.6 Å². The second-order valence-electron chi connectivity index (χ2n) is 19.0. The van der Waals surface area contributed by atoms with Crippen LogP contribution >= 0.6 is 21.6 Å². The van der Waals surface area contributed by atoms with E-state index in [1.807, 2.05) is 24.3 Å². The number of ketones is 1. The second-order valence-corrected chi connectivity index (χ2v) is 21.6. The molecule has 0 aliphatic carbocycles. The van der Waals surface area contributed by atoms with E-state index < -0.39 is 121 Å². The number of H-pyrrole nitrogens is 1. The van der Waals surface area contributed by atoms with Crippen molar-refractivity contribution in [3.05, 3.63) is 108 Å². The number of unbranched alkanes of at least 4 members (excludes halogenated alkanes) is 1. The van der Waals surface area contributed by atoms with Crippen molar-refractivity contribution < 1.29 is 53.7 Å². The highest BCUT2D eigenvalue weighted by atomic mass is 33.1. The molecule has 4 aromatic rings. The maximum Gasteiger partial charge on any atom is 0.245 e. The number of amides is 7. The normalized spacial score (nSPS) is 21.9. The van der Waals surface area contributed by atoms with Gasteiger partial charge in [0.15, 0.2) is 5.78 Å². The van der Waals surface area contributed by atoms with Crippen molar-refractivity contribution in [2.24, 2.45) is 11.7 Å². The van der Waals surface area contributed by atoms with Crippen LogP contribution in [0.15, 0.2) is 91.1 Å². The standard InChI is InChI=1S/C55H71N9O11S2/c1-4-5-23-48(69)58-42(26-36-18-10-7-11-19-36)52(72)62-45-31-76-77-32-46(54(74)61-44(30-65)33(2)66)63-55(75)49(34(3)67)64-51(71)41(22-14-15-24-56)59-53(73)43(27-38-29-57-40-21-13-12-20-39(38)40)60-50(70)37(28-47(45)68)25-35-16-8-6-9-17-35/h1,6-13,16-21,29,33-34,37,41-46,49,57,65-67H,5,14-15,22-28,30-32,56H2,2-3H3,(H,58,69)(H,59,73)(H,60,70)(H,61,74)(H,62,72)(H,63,75)(H,64,71)/t33-,34-,37-,41+,42-,43-,44-,45+,46?,49?/m1/s1. The smallest absolute Gasteiger partial charge is 0.245 e. The van der Waals surface area contributed by atoms with Gasteiger partial charge in [-0.1, -0.05) is 100 Å². The first-order valence-electron chi connectivity index (χ1n) is 25.6. The number of nitrogens with one attached hydrogen (secondary N) is 8. The molecule has 22 heteroatoms. The highest BCUT2D eigenvalue weighted by molar-refractivity contribution is 8.76. The van der Waals surface area contributed by atoms with Crippen LogP contribution in [-0.4, -0.2) is 147 Å². The molecule has 20 nitrogen and oxygen atoms in total. The van der Waals surface area contributed by atoms with Crippen LogP contribution in [0.2, 0.25) is 0 Å². The third-order valence-electron chi connectivity index (χ3n) is 12.9. The fraction of sp³-hybridized carbons (Fsp3) is 0.455. The Hall–Kier alpha value is -6.74. The number of aliphatic hydroxyl groups is 3. The second kappa shape index (κ2) is 31.5. The van der Waals surface area contributed by atoms with Gasteiger partial charge in [0.25, 0.3) is 0 Å². The Bertz CT molecular complexity index is 2650. The number of aromatic amines is 1. The van der Waals surface area contributed by atoms with Crippen LogP contribution in [0.1, 0.15) is 69.1 Å². The van der Waals surface area contributed by atoms with E-state index in [2.05, 4.69) is 48.1 Å². The van der Waals surface area contributed by atoms with Crippen molar-refractivity contribution in [1.29, 1.82) is 0 Å². The van der Waals surface area contributed by atoms with Crippen LogP contribution < -0.4 is 43.0 Å². The number of fused-ring (bicyclic) bond motifs is 1. The van der Waals surface area contributed by atoms with E-state index >= 15 is 0 Å². The van der Waals surface area contributed by atoms with Gasteiger partial charge in [-0.05, 0) is 68.8 Å². The highest BCUT2D eigenvalue weighted by Crippen LogP contribution is 2.26. The van der Waals surface area contributed by atoms with Gasteiger partial charge in [0, 0.05) is 66.6 Å². The molecule has 3 aromatic carbocycles.